The number of nitrogens with zero attached hydrogens (tertiary/aromatic N) is 1. The SMILES string of the molecule is CC(C)n1cc(S(=O)(=O)Nc2ccccc2F)cc1CO. The van der Waals surface area contributed by atoms with E-state index < -0.39 is 15.8 Å². The third-order valence-electron chi connectivity index (χ3n) is 3.05. The van der Waals surface area contributed by atoms with Crippen molar-refractivity contribution in [3.05, 3.63) is 48.0 Å². The molecule has 0 aliphatic rings. The Morgan fingerprint density at radius 1 is 1.33 bits per heavy atom. The van der Waals surface area contributed by atoms with Gasteiger partial charge in [-0.3, -0.25) is 4.72 Å². The molecule has 0 saturated heterocycles. The quantitative estimate of drug-likeness (QED) is 0.891. The molecule has 1 heterocycles. The van der Waals surface area contributed by atoms with E-state index in [2.05, 4.69) is 4.72 Å². The molecule has 0 amide bonds. The summed E-state index contributed by atoms with van der Waals surface area (Å²) < 4.78 is 42.0. The molecule has 0 fully saturated rings. The summed E-state index contributed by atoms with van der Waals surface area (Å²) in [5, 5.41) is 9.28. The minimum Gasteiger partial charge on any atom is -0.390 e. The number of anilines is 1. The van der Waals surface area contributed by atoms with E-state index in [0.717, 1.165) is 0 Å². The van der Waals surface area contributed by atoms with Gasteiger partial charge < -0.3 is 9.67 Å². The van der Waals surface area contributed by atoms with Crippen LogP contribution >= 0.6 is 0 Å². The van der Waals surface area contributed by atoms with E-state index in [1.807, 2.05) is 13.8 Å². The van der Waals surface area contributed by atoms with Crippen molar-refractivity contribution in [1.29, 1.82) is 0 Å². The molecule has 0 radical (unpaired) electrons. The molecule has 0 aliphatic carbocycles. The molecular weight excluding hydrogens is 295 g/mol. The Balaban J connectivity index is 2.38. The highest BCUT2D eigenvalue weighted by molar-refractivity contribution is 7.92. The van der Waals surface area contributed by atoms with Crippen molar-refractivity contribution in [1.82, 2.24) is 4.57 Å². The molecule has 0 unspecified atom stereocenters. The lowest BCUT2D eigenvalue weighted by molar-refractivity contribution is 0.268. The Hall–Kier alpha value is -1.86. The molecule has 7 heteroatoms. The Labute approximate surface area is 123 Å². The molecule has 0 atom stereocenters. The second-order valence-corrected chi connectivity index (χ2v) is 6.59. The van der Waals surface area contributed by atoms with Gasteiger partial charge in [0.2, 0.25) is 0 Å². The van der Waals surface area contributed by atoms with Crippen LogP contribution in [0.4, 0.5) is 10.1 Å². The first-order valence-electron chi connectivity index (χ1n) is 6.44. The maximum atomic E-state index is 13.5. The minimum atomic E-state index is -3.90. The van der Waals surface area contributed by atoms with Gasteiger partial charge in [-0.15, -0.1) is 0 Å². The van der Waals surface area contributed by atoms with Gasteiger partial charge in [-0.1, -0.05) is 12.1 Å². The number of hydrogen-bond acceptors (Lipinski definition) is 3. The molecule has 114 valence electrons. The van der Waals surface area contributed by atoms with Gasteiger partial charge in [-0.2, -0.15) is 0 Å². The normalized spacial score (nSPS) is 11.9. The maximum absolute atomic E-state index is 13.5. The van der Waals surface area contributed by atoms with E-state index in [-0.39, 0.29) is 23.2 Å². The third kappa shape index (κ3) is 3.25. The van der Waals surface area contributed by atoms with E-state index in [0.29, 0.717) is 5.69 Å². The molecule has 0 bridgehead atoms. The zero-order valence-corrected chi connectivity index (χ0v) is 12.6. The zero-order chi connectivity index (χ0) is 15.6. The van der Waals surface area contributed by atoms with Crippen molar-refractivity contribution >= 4 is 15.7 Å². The second-order valence-electron chi connectivity index (χ2n) is 4.91. The van der Waals surface area contributed by atoms with E-state index in [4.69, 9.17) is 0 Å². The highest BCUT2D eigenvalue weighted by atomic mass is 32.2. The Kier molecular flexibility index (Phi) is 4.34. The summed E-state index contributed by atoms with van der Waals surface area (Å²) in [6.07, 6.45) is 1.43. The first-order valence-corrected chi connectivity index (χ1v) is 7.92. The summed E-state index contributed by atoms with van der Waals surface area (Å²) in [6, 6.07) is 6.93. The van der Waals surface area contributed by atoms with E-state index in [1.165, 1.54) is 30.5 Å². The number of benzene rings is 1. The Bertz CT molecular complexity index is 738. The van der Waals surface area contributed by atoms with Crippen molar-refractivity contribution in [2.24, 2.45) is 0 Å². The molecule has 2 rings (SSSR count). The van der Waals surface area contributed by atoms with Crippen LogP contribution < -0.4 is 4.72 Å². The fourth-order valence-corrected chi connectivity index (χ4v) is 3.12. The molecule has 2 N–H and O–H groups in total. The molecule has 0 aliphatic heterocycles. The first-order chi connectivity index (χ1) is 9.85. The molecule has 1 aromatic heterocycles. The van der Waals surface area contributed by atoms with Crippen molar-refractivity contribution in [2.75, 3.05) is 4.72 Å². The van der Waals surface area contributed by atoms with Crippen molar-refractivity contribution in [3.63, 3.8) is 0 Å². The number of para-hydroxylation sites is 1. The molecular formula is C14H17FN2O3S. The van der Waals surface area contributed by atoms with Crippen LogP contribution in [0, 0.1) is 5.82 Å². The minimum absolute atomic E-state index is 0.00422. The largest absolute Gasteiger partial charge is 0.390 e. The van der Waals surface area contributed by atoms with Crippen LogP contribution in [0.25, 0.3) is 0 Å². The molecule has 0 saturated carbocycles. The van der Waals surface area contributed by atoms with Gasteiger partial charge in [-0.25, -0.2) is 12.8 Å². The van der Waals surface area contributed by atoms with E-state index >= 15 is 0 Å². The standard InChI is InChI=1S/C14H17FN2O3S/c1-10(2)17-8-12(7-11(17)9-18)21(19,20)16-14-6-4-3-5-13(14)15/h3-8,10,16,18H,9H2,1-2H3. The number of halogens is 1. The van der Waals surface area contributed by atoms with E-state index in [1.54, 1.807) is 10.6 Å². The zero-order valence-electron chi connectivity index (χ0n) is 11.7. The second kappa shape index (κ2) is 5.87. The number of sulfonamides is 1. The number of hydrogen-bond donors (Lipinski definition) is 2. The summed E-state index contributed by atoms with van der Waals surface area (Å²) in [7, 11) is -3.90. The van der Waals surface area contributed by atoms with Gasteiger partial charge in [0.05, 0.1) is 12.3 Å². The number of aliphatic hydroxyl groups is 1. The molecule has 1 aromatic carbocycles. The summed E-state index contributed by atoms with van der Waals surface area (Å²) in [4.78, 5) is -0.0106. The van der Waals surface area contributed by atoms with Gasteiger partial charge in [0, 0.05) is 17.9 Å². The van der Waals surface area contributed by atoms with Crippen LogP contribution in [-0.4, -0.2) is 18.1 Å². The van der Waals surface area contributed by atoms with Gasteiger partial charge in [-0.05, 0) is 32.0 Å². The van der Waals surface area contributed by atoms with Crippen LogP contribution in [0.5, 0.6) is 0 Å². The lowest BCUT2D eigenvalue weighted by atomic mass is 10.3. The molecule has 2 aromatic rings. The number of aromatic nitrogens is 1. The van der Waals surface area contributed by atoms with Crippen LogP contribution in [0.2, 0.25) is 0 Å². The van der Waals surface area contributed by atoms with Crippen molar-refractivity contribution in [3.8, 4) is 0 Å². The fraction of sp³-hybridized carbons (Fsp3) is 0.286. The highest BCUT2D eigenvalue weighted by Gasteiger charge is 2.20. The summed E-state index contributed by atoms with van der Waals surface area (Å²) in [5.41, 5.74) is 0.374. The number of rotatable bonds is 5. The summed E-state index contributed by atoms with van der Waals surface area (Å²) in [5.74, 6) is -0.647. The van der Waals surface area contributed by atoms with Gasteiger partial charge in [0.25, 0.3) is 10.0 Å². The van der Waals surface area contributed by atoms with Gasteiger partial charge in [0.15, 0.2) is 0 Å². The lowest BCUT2D eigenvalue weighted by Gasteiger charge is -2.10. The van der Waals surface area contributed by atoms with Crippen LogP contribution in [0.1, 0.15) is 25.6 Å². The smallest absolute Gasteiger partial charge is 0.263 e. The van der Waals surface area contributed by atoms with E-state index in [9.17, 15) is 17.9 Å². The molecule has 21 heavy (non-hydrogen) atoms. The monoisotopic (exact) mass is 312 g/mol. The number of nitrogens with one attached hydrogen (secondary N) is 1. The summed E-state index contributed by atoms with van der Waals surface area (Å²) in [6.45, 7) is 3.48. The van der Waals surface area contributed by atoms with Crippen LogP contribution in [0.3, 0.4) is 0 Å². The predicted octanol–water partition coefficient (Wildman–Crippen LogP) is 2.50. The van der Waals surface area contributed by atoms with Crippen LogP contribution in [-0.2, 0) is 16.6 Å². The Morgan fingerprint density at radius 3 is 2.52 bits per heavy atom. The van der Waals surface area contributed by atoms with Crippen LogP contribution in [0.15, 0.2) is 41.4 Å². The predicted molar refractivity (Wildman–Crippen MR) is 77.9 cm³/mol. The number of aliphatic hydroxyl groups excluding tert-OH is 1. The lowest BCUT2D eigenvalue weighted by Crippen LogP contribution is -2.13. The van der Waals surface area contributed by atoms with Crippen molar-refractivity contribution < 1.29 is 17.9 Å². The van der Waals surface area contributed by atoms with Gasteiger partial charge >= 0.3 is 0 Å². The fourth-order valence-electron chi connectivity index (χ4n) is 2.00. The molecule has 0 spiro atoms. The third-order valence-corrected chi connectivity index (χ3v) is 4.39. The average molecular weight is 312 g/mol. The van der Waals surface area contributed by atoms with Crippen molar-refractivity contribution in [2.45, 2.75) is 31.4 Å². The highest BCUT2D eigenvalue weighted by Crippen LogP contribution is 2.22. The van der Waals surface area contributed by atoms with Gasteiger partial charge in [0.1, 0.15) is 10.7 Å². The first kappa shape index (κ1) is 15.5. The average Bonchev–Trinajstić information content (AvgIpc) is 2.86. The maximum Gasteiger partial charge on any atom is 0.263 e. The Morgan fingerprint density at radius 2 is 2.00 bits per heavy atom. The summed E-state index contributed by atoms with van der Waals surface area (Å²) >= 11 is 0. The molecule has 5 nitrogen and oxygen atoms in total. The topological polar surface area (TPSA) is 71.3 Å².